The molecule has 0 aromatic heterocycles. The molecule has 0 atom stereocenters. The van der Waals surface area contributed by atoms with Crippen molar-refractivity contribution in [2.75, 3.05) is 13.1 Å². The van der Waals surface area contributed by atoms with E-state index in [0.717, 1.165) is 22.5 Å². The van der Waals surface area contributed by atoms with Crippen molar-refractivity contribution in [2.24, 2.45) is 0 Å². The molecule has 0 aliphatic rings. The largest absolute Gasteiger partial charge is 0.416 e. The van der Waals surface area contributed by atoms with Gasteiger partial charge in [-0.15, -0.1) is 6.58 Å². The van der Waals surface area contributed by atoms with Gasteiger partial charge in [-0.1, -0.05) is 12.1 Å². The van der Waals surface area contributed by atoms with Gasteiger partial charge in [-0.3, -0.25) is 4.79 Å². The highest BCUT2D eigenvalue weighted by atomic mass is 32.2. The number of hydrogen-bond acceptors (Lipinski definition) is 3. The van der Waals surface area contributed by atoms with E-state index < -0.39 is 39.1 Å². The fourth-order valence-electron chi connectivity index (χ4n) is 2.78. The molecule has 0 saturated carbocycles. The third-order valence-corrected chi connectivity index (χ3v) is 5.65. The Morgan fingerprint density at radius 3 is 2.19 bits per heavy atom. The van der Waals surface area contributed by atoms with E-state index in [9.17, 15) is 26.4 Å². The van der Waals surface area contributed by atoms with Crippen LogP contribution < -0.4 is 0 Å². The van der Waals surface area contributed by atoms with Gasteiger partial charge in [0, 0.05) is 18.6 Å². The number of sulfonamides is 1. The maximum atomic E-state index is 12.9. The normalized spacial score (nSPS) is 12.7. The Labute approximate surface area is 158 Å². The Balaban J connectivity index is 3.26. The number of benzene rings is 1. The smallest absolute Gasteiger partial charge is 0.337 e. The zero-order valence-electron chi connectivity index (χ0n) is 15.8. The first-order valence-corrected chi connectivity index (χ1v) is 9.85. The summed E-state index contributed by atoms with van der Waals surface area (Å²) in [6, 6.07) is 3.16. The van der Waals surface area contributed by atoms with Crippen LogP contribution in [0.1, 0.15) is 33.3 Å². The summed E-state index contributed by atoms with van der Waals surface area (Å²) in [5.74, 6) is -0.433. The number of halogens is 3. The second-order valence-corrected chi connectivity index (χ2v) is 8.54. The Kier molecular flexibility index (Phi) is 7.62. The molecule has 1 rings (SSSR count). The third kappa shape index (κ3) is 5.80. The monoisotopic (exact) mass is 406 g/mol. The fourth-order valence-corrected chi connectivity index (χ4v) is 4.18. The first-order chi connectivity index (χ1) is 12.3. The Bertz CT molecular complexity index is 766. The molecular formula is C18H25F3N2O3S. The molecule has 5 nitrogen and oxygen atoms in total. The second kappa shape index (κ2) is 8.88. The third-order valence-electron chi connectivity index (χ3n) is 3.84. The molecule has 0 fully saturated rings. The van der Waals surface area contributed by atoms with Crippen LogP contribution in [0.3, 0.4) is 0 Å². The van der Waals surface area contributed by atoms with E-state index in [0.29, 0.717) is 6.07 Å². The lowest BCUT2D eigenvalue weighted by molar-refractivity contribution is -0.138. The average molecular weight is 406 g/mol. The molecule has 1 aromatic carbocycles. The predicted octanol–water partition coefficient (Wildman–Crippen LogP) is 3.53. The molecule has 152 valence electrons. The summed E-state index contributed by atoms with van der Waals surface area (Å²) in [7, 11) is -4.31. The highest BCUT2D eigenvalue weighted by Gasteiger charge is 2.34. The Hall–Kier alpha value is -1.87. The van der Waals surface area contributed by atoms with Crippen LogP contribution in [0.25, 0.3) is 0 Å². The molecule has 0 heterocycles. The molecule has 0 bridgehead atoms. The lowest BCUT2D eigenvalue weighted by Crippen LogP contribution is -2.48. The summed E-state index contributed by atoms with van der Waals surface area (Å²) in [5, 5.41) is 0. The van der Waals surface area contributed by atoms with E-state index in [1.807, 2.05) is 0 Å². The van der Waals surface area contributed by atoms with Crippen molar-refractivity contribution in [3.8, 4) is 0 Å². The van der Waals surface area contributed by atoms with Gasteiger partial charge in [-0.05, 0) is 45.9 Å². The van der Waals surface area contributed by atoms with E-state index in [1.165, 1.54) is 11.0 Å². The molecule has 0 aliphatic carbocycles. The maximum Gasteiger partial charge on any atom is 0.416 e. The van der Waals surface area contributed by atoms with E-state index >= 15 is 0 Å². The highest BCUT2D eigenvalue weighted by molar-refractivity contribution is 7.89. The minimum Gasteiger partial charge on any atom is -0.337 e. The standard InChI is InChI=1S/C18H25F3N2O3S/c1-6-10-22(12-17(24)23(13(2)3)14(4)5)27(25,26)16-9-7-8-15(11-16)18(19,20)21/h6-9,11,13-14H,1,10,12H2,2-5H3. The molecule has 0 aliphatic heterocycles. The molecule has 0 saturated heterocycles. The van der Waals surface area contributed by atoms with E-state index in [1.54, 1.807) is 27.7 Å². The van der Waals surface area contributed by atoms with Crippen molar-refractivity contribution in [2.45, 2.75) is 50.9 Å². The first kappa shape index (κ1) is 23.2. The van der Waals surface area contributed by atoms with Gasteiger partial charge in [0.15, 0.2) is 0 Å². The van der Waals surface area contributed by atoms with Gasteiger partial charge in [0.1, 0.15) is 0 Å². The van der Waals surface area contributed by atoms with Crippen molar-refractivity contribution in [3.05, 3.63) is 42.5 Å². The van der Waals surface area contributed by atoms with E-state index in [4.69, 9.17) is 0 Å². The Morgan fingerprint density at radius 2 is 1.74 bits per heavy atom. The minimum absolute atomic E-state index is 0.153. The molecule has 9 heteroatoms. The number of carbonyl (C=O) groups is 1. The van der Waals surface area contributed by atoms with Gasteiger partial charge in [-0.25, -0.2) is 8.42 Å². The van der Waals surface area contributed by atoms with Gasteiger partial charge in [0.05, 0.1) is 17.0 Å². The van der Waals surface area contributed by atoms with Crippen molar-refractivity contribution in [1.29, 1.82) is 0 Å². The second-order valence-electron chi connectivity index (χ2n) is 6.60. The summed E-state index contributed by atoms with van der Waals surface area (Å²) in [4.78, 5) is 13.6. The maximum absolute atomic E-state index is 12.9. The molecule has 0 unspecified atom stereocenters. The van der Waals surface area contributed by atoms with Crippen molar-refractivity contribution in [1.82, 2.24) is 9.21 Å². The van der Waals surface area contributed by atoms with Crippen LogP contribution >= 0.6 is 0 Å². The zero-order valence-corrected chi connectivity index (χ0v) is 16.6. The molecule has 27 heavy (non-hydrogen) atoms. The van der Waals surface area contributed by atoms with Gasteiger partial charge in [-0.2, -0.15) is 17.5 Å². The molecule has 0 radical (unpaired) electrons. The quantitative estimate of drug-likeness (QED) is 0.621. The van der Waals surface area contributed by atoms with Gasteiger partial charge < -0.3 is 4.90 Å². The minimum atomic E-state index is -4.67. The average Bonchev–Trinajstić information content (AvgIpc) is 2.53. The van der Waals surface area contributed by atoms with Crippen LogP contribution in [0.15, 0.2) is 41.8 Å². The fraction of sp³-hybridized carbons (Fsp3) is 0.500. The van der Waals surface area contributed by atoms with Crippen molar-refractivity contribution >= 4 is 15.9 Å². The topological polar surface area (TPSA) is 57.7 Å². The number of amides is 1. The van der Waals surface area contributed by atoms with Crippen molar-refractivity contribution in [3.63, 3.8) is 0 Å². The van der Waals surface area contributed by atoms with Crippen LogP contribution in [-0.2, 0) is 21.0 Å². The van der Waals surface area contributed by atoms with Crippen LogP contribution in [-0.4, -0.2) is 48.7 Å². The predicted molar refractivity (Wildman–Crippen MR) is 97.5 cm³/mol. The van der Waals surface area contributed by atoms with Crippen molar-refractivity contribution < 1.29 is 26.4 Å². The summed E-state index contributed by atoms with van der Waals surface area (Å²) in [6.45, 7) is 10.0. The molecule has 1 aromatic rings. The summed E-state index contributed by atoms with van der Waals surface area (Å²) in [6.07, 6.45) is -3.38. The number of carbonyl (C=O) groups excluding carboxylic acids is 1. The zero-order chi connectivity index (χ0) is 21.0. The SMILES string of the molecule is C=CCN(CC(=O)N(C(C)C)C(C)C)S(=O)(=O)c1cccc(C(F)(F)F)c1. The molecule has 0 N–H and O–H groups in total. The first-order valence-electron chi connectivity index (χ1n) is 8.41. The van der Waals surface area contributed by atoms with Gasteiger partial charge >= 0.3 is 6.18 Å². The molecule has 0 spiro atoms. The van der Waals surface area contributed by atoms with Gasteiger partial charge in [0.2, 0.25) is 15.9 Å². The lowest BCUT2D eigenvalue weighted by Gasteiger charge is -2.32. The summed E-state index contributed by atoms with van der Waals surface area (Å²) >= 11 is 0. The van der Waals surface area contributed by atoms with Crippen LogP contribution in [0.2, 0.25) is 0 Å². The number of nitrogens with zero attached hydrogens (tertiary/aromatic N) is 2. The molecular weight excluding hydrogens is 381 g/mol. The van der Waals surface area contributed by atoms with E-state index in [-0.39, 0.29) is 18.6 Å². The summed E-state index contributed by atoms with van der Waals surface area (Å²) < 4.78 is 65.2. The number of alkyl halides is 3. The molecule has 1 amide bonds. The van der Waals surface area contributed by atoms with Crippen LogP contribution in [0.5, 0.6) is 0 Å². The Morgan fingerprint density at radius 1 is 1.19 bits per heavy atom. The van der Waals surface area contributed by atoms with Gasteiger partial charge in [0.25, 0.3) is 0 Å². The highest BCUT2D eigenvalue weighted by Crippen LogP contribution is 2.31. The summed E-state index contributed by atoms with van der Waals surface area (Å²) in [5.41, 5.74) is -1.07. The van der Waals surface area contributed by atoms with Crippen LogP contribution in [0, 0.1) is 0 Å². The lowest BCUT2D eigenvalue weighted by atomic mass is 10.2. The van der Waals surface area contributed by atoms with Crippen LogP contribution in [0.4, 0.5) is 13.2 Å². The number of rotatable bonds is 8. The van der Waals surface area contributed by atoms with E-state index in [2.05, 4.69) is 6.58 Å². The number of hydrogen-bond donors (Lipinski definition) is 0.